The summed E-state index contributed by atoms with van der Waals surface area (Å²) in [7, 11) is -2.27. The summed E-state index contributed by atoms with van der Waals surface area (Å²) in [5.74, 6) is -0.678. The van der Waals surface area contributed by atoms with E-state index in [4.69, 9.17) is 0 Å². The van der Waals surface area contributed by atoms with Crippen LogP contribution >= 0.6 is 0 Å². The van der Waals surface area contributed by atoms with Crippen molar-refractivity contribution >= 4 is 21.6 Å². The van der Waals surface area contributed by atoms with Gasteiger partial charge >= 0.3 is 0 Å². The molecular weight excluding hydrogens is 319 g/mol. The summed E-state index contributed by atoms with van der Waals surface area (Å²) in [5, 5.41) is 2.64. The number of aryl methyl sites for hydroxylation is 1. The van der Waals surface area contributed by atoms with Gasteiger partial charge in [-0.2, -0.15) is 0 Å². The molecule has 1 amide bonds. The number of carbonyl (C=O) groups is 1. The summed E-state index contributed by atoms with van der Waals surface area (Å²) in [6, 6.07) is 10.3. The molecule has 122 valence electrons. The van der Waals surface area contributed by atoms with Crippen LogP contribution in [-0.2, 0) is 21.2 Å². The molecule has 23 heavy (non-hydrogen) atoms. The number of rotatable bonds is 5. The molecule has 2 aromatic carbocycles. The van der Waals surface area contributed by atoms with Gasteiger partial charge in [-0.1, -0.05) is 18.2 Å². The maximum Gasteiger partial charge on any atom is 0.240 e. The maximum absolute atomic E-state index is 12.8. The van der Waals surface area contributed by atoms with Crippen molar-refractivity contribution in [2.75, 3.05) is 12.4 Å². The second-order valence-electron chi connectivity index (χ2n) is 5.04. The van der Waals surface area contributed by atoms with Crippen molar-refractivity contribution in [1.29, 1.82) is 0 Å². The fraction of sp³-hybridized carbons (Fsp3) is 0.188. The first-order chi connectivity index (χ1) is 10.8. The number of hydrogen-bond donors (Lipinski definition) is 2. The molecule has 0 radical (unpaired) electrons. The van der Waals surface area contributed by atoms with Crippen LogP contribution in [0.4, 0.5) is 10.1 Å². The predicted octanol–water partition coefficient (Wildman–Crippen LogP) is 2.22. The third-order valence-corrected chi connectivity index (χ3v) is 4.86. The second kappa shape index (κ2) is 6.89. The van der Waals surface area contributed by atoms with Gasteiger partial charge in [0, 0.05) is 5.69 Å². The van der Waals surface area contributed by atoms with Crippen molar-refractivity contribution in [3.63, 3.8) is 0 Å². The normalized spacial score (nSPS) is 11.3. The lowest BCUT2D eigenvalue weighted by Gasteiger charge is -2.10. The lowest BCUT2D eigenvalue weighted by atomic mass is 10.1. The molecule has 0 aliphatic carbocycles. The van der Waals surface area contributed by atoms with Gasteiger partial charge in [0.2, 0.25) is 15.9 Å². The van der Waals surface area contributed by atoms with Gasteiger partial charge in [0.15, 0.2) is 0 Å². The fourth-order valence-corrected chi connectivity index (χ4v) is 3.06. The van der Waals surface area contributed by atoms with E-state index in [1.165, 1.54) is 37.4 Å². The summed E-state index contributed by atoms with van der Waals surface area (Å²) >= 11 is 0. The third-order valence-electron chi connectivity index (χ3n) is 3.31. The van der Waals surface area contributed by atoms with Gasteiger partial charge in [-0.25, -0.2) is 17.5 Å². The quantitative estimate of drug-likeness (QED) is 0.879. The van der Waals surface area contributed by atoms with Gasteiger partial charge < -0.3 is 5.32 Å². The van der Waals surface area contributed by atoms with E-state index in [0.29, 0.717) is 16.8 Å². The average molecular weight is 336 g/mol. The van der Waals surface area contributed by atoms with Crippen LogP contribution in [0.3, 0.4) is 0 Å². The van der Waals surface area contributed by atoms with E-state index in [1.54, 1.807) is 19.1 Å². The molecule has 0 aliphatic rings. The van der Waals surface area contributed by atoms with Gasteiger partial charge in [0.1, 0.15) is 5.82 Å². The van der Waals surface area contributed by atoms with Crippen molar-refractivity contribution in [3.05, 3.63) is 59.4 Å². The average Bonchev–Trinajstić information content (AvgIpc) is 2.51. The second-order valence-corrected chi connectivity index (χ2v) is 6.89. The monoisotopic (exact) mass is 336 g/mol. The Labute approximate surface area is 134 Å². The van der Waals surface area contributed by atoms with Gasteiger partial charge in [-0.05, 0) is 49.4 Å². The molecule has 0 aromatic heterocycles. The van der Waals surface area contributed by atoms with Gasteiger partial charge in [-0.3, -0.25) is 4.79 Å². The smallest absolute Gasteiger partial charge is 0.240 e. The highest BCUT2D eigenvalue weighted by Crippen LogP contribution is 2.20. The Morgan fingerprint density at radius 3 is 2.39 bits per heavy atom. The van der Waals surface area contributed by atoms with E-state index in [9.17, 15) is 17.6 Å². The zero-order valence-corrected chi connectivity index (χ0v) is 13.6. The van der Waals surface area contributed by atoms with E-state index in [1.807, 2.05) is 0 Å². The first kappa shape index (κ1) is 17.1. The Morgan fingerprint density at radius 2 is 1.78 bits per heavy atom. The van der Waals surface area contributed by atoms with Crippen molar-refractivity contribution in [3.8, 4) is 0 Å². The minimum absolute atomic E-state index is 0.0717. The third kappa shape index (κ3) is 4.37. The number of nitrogens with one attached hydrogen (secondary N) is 2. The Morgan fingerprint density at radius 1 is 1.13 bits per heavy atom. The highest BCUT2D eigenvalue weighted by Gasteiger charge is 2.15. The zero-order chi connectivity index (χ0) is 17.0. The number of benzene rings is 2. The molecule has 0 atom stereocenters. The highest BCUT2D eigenvalue weighted by molar-refractivity contribution is 7.89. The van der Waals surface area contributed by atoms with Crippen LogP contribution in [0, 0.1) is 12.7 Å². The summed E-state index contributed by atoms with van der Waals surface area (Å²) in [6.45, 7) is 1.67. The van der Waals surface area contributed by atoms with Crippen LogP contribution in [0.25, 0.3) is 0 Å². The molecule has 5 nitrogen and oxygen atoms in total. The zero-order valence-electron chi connectivity index (χ0n) is 12.8. The number of halogens is 1. The van der Waals surface area contributed by atoms with Crippen molar-refractivity contribution in [1.82, 2.24) is 4.72 Å². The summed E-state index contributed by atoms with van der Waals surface area (Å²) < 4.78 is 38.9. The van der Waals surface area contributed by atoms with Crippen LogP contribution in [0.15, 0.2) is 47.4 Å². The first-order valence-electron chi connectivity index (χ1n) is 6.90. The first-order valence-corrected chi connectivity index (χ1v) is 8.38. The number of sulfonamides is 1. The molecule has 7 heteroatoms. The predicted molar refractivity (Wildman–Crippen MR) is 86.2 cm³/mol. The maximum atomic E-state index is 12.8. The van der Waals surface area contributed by atoms with Gasteiger partial charge in [0.05, 0.1) is 11.3 Å². The van der Waals surface area contributed by atoms with E-state index < -0.39 is 10.0 Å². The minimum atomic E-state index is -3.59. The fourth-order valence-electron chi connectivity index (χ4n) is 2.07. The molecule has 0 heterocycles. The number of amides is 1. The molecule has 0 saturated heterocycles. The standard InChI is InChI=1S/C16H17FN2O3S/c1-11-3-8-14(10-15(11)23(21,22)18-2)19-16(20)9-12-4-6-13(17)7-5-12/h3-8,10,18H,9H2,1-2H3,(H,19,20). The topological polar surface area (TPSA) is 75.3 Å². The Kier molecular flexibility index (Phi) is 5.12. The van der Waals surface area contributed by atoms with Crippen molar-refractivity contribution in [2.45, 2.75) is 18.2 Å². The lowest BCUT2D eigenvalue weighted by molar-refractivity contribution is -0.115. The van der Waals surface area contributed by atoms with Crippen LogP contribution in [0.5, 0.6) is 0 Å². The van der Waals surface area contributed by atoms with Crippen LogP contribution in [0.2, 0.25) is 0 Å². The largest absolute Gasteiger partial charge is 0.326 e. The molecule has 2 N–H and O–H groups in total. The number of hydrogen-bond acceptors (Lipinski definition) is 3. The summed E-state index contributed by atoms with van der Waals surface area (Å²) in [4.78, 5) is 12.1. The Hall–Kier alpha value is -2.25. The summed E-state index contributed by atoms with van der Waals surface area (Å²) in [5.41, 5.74) is 1.63. The van der Waals surface area contributed by atoms with E-state index >= 15 is 0 Å². The molecule has 2 aromatic rings. The van der Waals surface area contributed by atoms with Crippen molar-refractivity contribution < 1.29 is 17.6 Å². The van der Waals surface area contributed by atoms with Gasteiger partial charge in [0.25, 0.3) is 0 Å². The van der Waals surface area contributed by atoms with E-state index in [-0.39, 0.29) is 23.0 Å². The number of anilines is 1. The van der Waals surface area contributed by atoms with Crippen molar-refractivity contribution in [2.24, 2.45) is 0 Å². The molecule has 0 saturated carbocycles. The molecule has 0 fully saturated rings. The van der Waals surface area contributed by atoms with Crippen LogP contribution < -0.4 is 10.0 Å². The molecule has 0 aliphatic heterocycles. The molecule has 0 spiro atoms. The van der Waals surface area contributed by atoms with E-state index in [2.05, 4.69) is 10.0 Å². The number of carbonyl (C=O) groups excluding carboxylic acids is 1. The van der Waals surface area contributed by atoms with Crippen LogP contribution in [-0.4, -0.2) is 21.4 Å². The Balaban J connectivity index is 2.15. The molecular formula is C16H17FN2O3S. The minimum Gasteiger partial charge on any atom is -0.326 e. The molecule has 2 rings (SSSR count). The SMILES string of the molecule is CNS(=O)(=O)c1cc(NC(=O)Cc2ccc(F)cc2)ccc1C. The Bertz CT molecular complexity index is 818. The molecule has 0 unspecified atom stereocenters. The highest BCUT2D eigenvalue weighted by atomic mass is 32.2. The molecule has 0 bridgehead atoms. The lowest BCUT2D eigenvalue weighted by Crippen LogP contribution is -2.20. The van der Waals surface area contributed by atoms with E-state index in [0.717, 1.165) is 0 Å². The van der Waals surface area contributed by atoms with Crippen LogP contribution in [0.1, 0.15) is 11.1 Å². The van der Waals surface area contributed by atoms with Gasteiger partial charge in [-0.15, -0.1) is 0 Å². The summed E-state index contributed by atoms with van der Waals surface area (Å²) in [6.07, 6.45) is 0.0717.